The molecule has 1 aliphatic rings. The lowest BCUT2D eigenvalue weighted by molar-refractivity contribution is -0.384. The molecule has 110 valence electrons. The van der Waals surface area contributed by atoms with Crippen LogP contribution in [0, 0.1) is 10.1 Å². The number of nitro benzene ring substituents is 1. The van der Waals surface area contributed by atoms with Crippen LogP contribution in [-0.2, 0) is 4.74 Å². The van der Waals surface area contributed by atoms with Gasteiger partial charge < -0.3 is 20.1 Å². The first-order chi connectivity index (χ1) is 9.52. The van der Waals surface area contributed by atoms with Crippen molar-refractivity contribution in [2.24, 2.45) is 5.73 Å². The van der Waals surface area contributed by atoms with E-state index >= 15 is 0 Å². The van der Waals surface area contributed by atoms with Gasteiger partial charge in [-0.05, 0) is 19.1 Å². The van der Waals surface area contributed by atoms with Gasteiger partial charge in [0, 0.05) is 19.1 Å². The zero-order chi connectivity index (χ0) is 14.7. The first-order valence-corrected chi connectivity index (χ1v) is 6.47. The van der Waals surface area contributed by atoms with Crippen LogP contribution in [0.15, 0.2) is 18.2 Å². The summed E-state index contributed by atoms with van der Waals surface area (Å²) in [5.41, 5.74) is 6.46. The number of anilines is 1. The Morgan fingerprint density at radius 1 is 1.60 bits per heavy atom. The van der Waals surface area contributed by atoms with Gasteiger partial charge in [-0.15, -0.1) is 0 Å². The normalized spacial score (nSPS) is 20.6. The number of hydrogen-bond donors (Lipinski definition) is 1. The van der Waals surface area contributed by atoms with Crippen LogP contribution in [0.4, 0.5) is 11.4 Å². The number of hydrogen-bond acceptors (Lipinski definition) is 6. The Morgan fingerprint density at radius 2 is 2.35 bits per heavy atom. The minimum atomic E-state index is -0.395. The highest BCUT2D eigenvalue weighted by Gasteiger charge is 2.28. The zero-order valence-corrected chi connectivity index (χ0v) is 11.6. The van der Waals surface area contributed by atoms with Gasteiger partial charge in [-0.2, -0.15) is 0 Å². The van der Waals surface area contributed by atoms with Crippen LogP contribution in [-0.4, -0.2) is 43.9 Å². The van der Waals surface area contributed by atoms with Crippen molar-refractivity contribution < 1.29 is 14.4 Å². The molecule has 0 radical (unpaired) electrons. The van der Waals surface area contributed by atoms with Crippen molar-refractivity contribution in [3.05, 3.63) is 28.3 Å². The van der Waals surface area contributed by atoms with E-state index in [-0.39, 0.29) is 17.8 Å². The second-order valence-corrected chi connectivity index (χ2v) is 4.83. The first-order valence-electron chi connectivity index (χ1n) is 6.47. The second-order valence-electron chi connectivity index (χ2n) is 4.83. The fraction of sp³-hybridized carbons (Fsp3) is 0.538. The quantitative estimate of drug-likeness (QED) is 0.657. The van der Waals surface area contributed by atoms with Crippen molar-refractivity contribution in [3.8, 4) is 5.75 Å². The molecule has 0 aromatic heterocycles. The molecule has 0 amide bonds. The molecule has 2 N–H and O–H groups in total. The Hall–Kier alpha value is -1.86. The molecule has 1 saturated heterocycles. The second kappa shape index (κ2) is 6.06. The summed E-state index contributed by atoms with van der Waals surface area (Å²) in [5.74, 6) is 0.470. The topological polar surface area (TPSA) is 90.9 Å². The van der Waals surface area contributed by atoms with E-state index in [0.29, 0.717) is 31.1 Å². The number of morpholine rings is 1. The average Bonchev–Trinajstić information content (AvgIpc) is 2.46. The Bertz CT molecular complexity index is 493. The lowest BCUT2D eigenvalue weighted by Crippen LogP contribution is -2.49. The molecule has 1 fully saturated rings. The maximum absolute atomic E-state index is 11.2. The molecular weight excluding hydrogens is 262 g/mol. The Kier molecular flexibility index (Phi) is 4.41. The van der Waals surface area contributed by atoms with Crippen LogP contribution in [0.5, 0.6) is 5.75 Å². The van der Waals surface area contributed by atoms with Crippen LogP contribution in [0.25, 0.3) is 0 Å². The third-order valence-electron chi connectivity index (χ3n) is 3.40. The number of nitrogens with two attached hydrogens (primary N) is 1. The first kappa shape index (κ1) is 14.5. The number of nitro groups is 1. The van der Waals surface area contributed by atoms with Crippen LogP contribution in [0.3, 0.4) is 0 Å². The lowest BCUT2D eigenvalue weighted by atomic mass is 10.1. The average molecular weight is 281 g/mol. The third kappa shape index (κ3) is 3.00. The van der Waals surface area contributed by atoms with Gasteiger partial charge in [0.1, 0.15) is 11.4 Å². The van der Waals surface area contributed by atoms with Crippen LogP contribution in [0.1, 0.15) is 6.92 Å². The summed E-state index contributed by atoms with van der Waals surface area (Å²) in [6, 6.07) is 4.75. The molecule has 2 unspecified atom stereocenters. The van der Waals surface area contributed by atoms with Crippen molar-refractivity contribution in [3.63, 3.8) is 0 Å². The highest BCUT2D eigenvalue weighted by molar-refractivity contribution is 5.65. The van der Waals surface area contributed by atoms with E-state index in [0.717, 1.165) is 0 Å². The summed E-state index contributed by atoms with van der Waals surface area (Å²) in [6.45, 7) is 3.53. The van der Waals surface area contributed by atoms with E-state index in [1.54, 1.807) is 12.1 Å². The van der Waals surface area contributed by atoms with Crippen molar-refractivity contribution >= 4 is 11.4 Å². The molecule has 2 atom stereocenters. The predicted octanol–water partition coefficient (Wildman–Crippen LogP) is 1.16. The largest absolute Gasteiger partial charge is 0.496 e. The van der Waals surface area contributed by atoms with Gasteiger partial charge in [0.05, 0.1) is 30.8 Å². The van der Waals surface area contributed by atoms with Gasteiger partial charge in [-0.25, -0.2) is 0 Å². The van der Waals surface area contributed by atoms with E-state index in [1.807, 2.05) is 11.8 Å². The summed E-state index contributed by atoms with van der Waals surface area (Å²) in [5, 5.41) is 11.2. The standard InChI is InChI=1S/C13H19N3O4/c1-9(14)13-8-15(5-6-20-13)11-4-3-10(19-2)7-12(11)16(17)18/h3-4,7,9,13H,5-6,8,14H2,1-2H3. The highest BCUT2D eigenvalue weighted by Crippen LogP contribution is 2.33. The van der Waals surface area contributed by atoms with E-state index in [4.69, 9.17) is 15.2 Å². The number of ether oxygens (including phenoxy) is 2. The molecule has 1 aromatic carbocycles. The van der Waals surface area contributed by atoms with E-state index < -0.39 is 4.92 Å². The fourth-order valence-corrected chi connectivity index (χ4v) is 2.26. The highest BCUT2D eigenvalue weighted by atomic mass is 16.6. The van der Waals surface area contributed by atoms with Gasteiger partial charge >= 0.3 is 0 Å². The molecular formula is C13H19N3O4. The Balaban J connectivity index is 2.29. The summed E-state index contributed by atoms with van der Waals surface area (Å²) < 4.78 is 10.6. The van der Waals surface area contributed by atoms with Crippen LogP contribution < -0.4 is 15.4 Å². The zero-order valence-electron chi connectivity index (χ0n) is 11.6. The molecule has 0 spiro atoms. The van der Waals surface area contributed by atoms with Gasteiger partial charge in [0.2, 0.25) is 0 Å². The predicted molar refractivity (Wildman–Crippen MR) is 75.3 cm³/mol. The minimum absolute atomic E-state index is 0.0367. The van der Waals surface area contributed by atoms with Gasteiger partial charge in [-0.1, -0.05) is 0 Å². The molecule has 20 heavy (non-hydrogen) atoms. The maximum Gasteiger partial charge on any atom is 0.296 e. The third-order valence-corrected chi connectivity index (χ3v) is 3.40. The van der Waals surface area contributed by atoms with Crippen LogP contribution >= 0.6 is 0 Å². The summed E-state index contributed by atoms with van der Waals surface area (Å²) in [6.07, 6.45) is -0.120. The maximum atomic E-state index is 11.2. The monoisotopic (exact) mass is 281 g/mol. The summed E-state index contributed by atoms with van der Waals surface area (Å²) >= 11 is 0. The fourth-order valence-electron chi connectivity index (χ4n) is 2.26. The molecule has 0 saturated carbocycles. The number of nitrogens with zero attached hydrogens (tertiary/aromatic N) is 2. The van der Waals surface area contributed by atoms with Crippen molar-refractivity contribution in [1.82, 2.24) is 0 Å². The smallest absolute Gasteiger partial charge is 0.296 e. The summed E-state index contributed by atoms with van der Waals surface area (Å²) in [4.78, 5) is 12.8. The molecule has 0 aliphatic carbocycles. The summed E-state index contributed by atoms with van der Waals surface area (Å²) in [7, 11) is 1.49. The van der Waals surface area contributed by atoms with E-state index in [1.165, 1.54) is 13.2 Å². The molecule has 1 aliphatic heterocycles. The Labute approximate surface area is 117 Å². The lowest BCUT2D eigenvalue weighted by Gasteiger charge is -2.35. The number of rotatable bonds is 4. The van der Waals surface area contributed by atoms with Gasteiger partial charge in [0.25, 0.3) is 5.69 Å². The molecule has 1 aromatic rings. The van der Waals surface area contributed by atoms with Gasteiger partial charge in [-0.3, -0.25) is 10.1 Å². The molecule has 0 bridgehead atoms. The van der Waals surface area contributed by atoms with Crippen molar-refractivity contribution in [2.75, 3.05) is 31.7 Å². The molecule has 7 heteroatoms. The molecule has 1 heterocycles. The Morgan fingerprint density at radius 3 is 2.95 bits per heavy atom. The number of benzene rings is 1. The number of methoxy groups -OCH3 is 1. The minimum Gasteiger partial charge on any atom is -0.496 e. The SMILES string of the molecule is COc1ccc(N2CCOC(C(C)N)C2)c([N+](=O)[O-])c1. The van der Waals surface area contributed by atoms with E-state index in [2.05, 4.69) is 0 Å². The van der Waals surface area contributed by atoms with Crippen LogP contribution in [0.2, 0.25) is 0 Å². The molecule has 2 rings (SSSR count). The van der Waals surface area contributed by atoms with Gasteiger partial charge in [0.15, 0.2) is 0 Å². The van der Waals surface area contributed by atoms with E-state index in [9.17, 15) is 10.1 Å². The molecule has 7 nitrogen and oxygen atoms in total. The van der Waals surface area contributed by atoms with Crippen molar-refractivity contribution in [2.45, 2.75) is 19.1 Å². The van der Waals surface area contributed by atoms with Crippen molar-refractivity contribution in [1.29, 1.82) is 0 Å².